The molecule has 1 aromatic rings. The highest BCUT2D eigenvalue weighted by Crippen LogP contribution is 2.31. The molecule has 2 fully saturated rings. The average molecular weight is 314 g/mol. The molecule has 0 aliphatic carbocycles. The molecule has 0 N–H and O–H groups in total. The molecular weight excluding hydrogens is 293 g/mol. The van der Waals surface area contributed by atoms with Crippen LogP contribution in [0, 0.1) is 11.7 Å². The third-order valence-electron chi connectivity index (χ3n) is 4.58. The Morgan fingerprint density at radius 3 is 2.52 bits per heavy atom. The third kappa shape index (κ3) is 3.39. The number of rotatable bonds is 3. The van der Waals surface area contributed by atoms with E-state index < -0.39 is 0 Å². The second-order valence-corrected chi connectivity index (χ2v) is 6.24. The summed E-state index contributed by atoms with van der Waals surface area (Å²) in [4.78, 5) is 2.41. The number of halogens is 2. The first-order chi connectivity index (χ1) is 10.1. The summed E-state index contributed by atoms with van der Waals surface area (Å²) in [5.74, 6) is 0.134. The molecule has 0 saturated carbocycles. The quantitative estimate of drug-likeness (QED) is 0.850. The fraction of sp³-hybridized carbons (Fsp3) is 0.625. The minimum Gasteiger partial charge on any atom is -0.350 e. The predicted octanol–water partition coefficient (Wildman–Crippen LogP) is 3.63. The molecule has 1 unspecified atom stereocenters. The summed E-state index contributed by atoms with van der Waals surface area (Å²) < 4.78 is 24.5. The van der Waals surface area contributed by atoms with E-state index in [1.165, 1.54) is 6.07 Å². The highest BCUT2D eigenvalue weighted by molar-refractivity contribution is 6.30. The first kappa shape index (κ1) is 15.2. The number of benzene rings is 1. The molecule has 0 radical (unpaired) electrons. The van der Waals surface area contributed by atoms with Crippen molar-refractivity contribution in [3.8, 4) is 0 Å². The van der Waals surface area contributed by atoms with Gasteiger partial charge in [-0.05, 0) is 50.6 Å². The van der Waals surface area contributed by atoms with Crippen LogP contribution in [0.1, 0.15) is 31.4 Å². The van der Waals surface area contributed by atoms with Crippen molar-refractivity contribution in [1.82, 2.24) is 4.90 Å². The molecule has 1 atom stereocenters. The molecule has 0 bridgehead atoms. The van der Waals surface area contributed by atoms with Crippen LogP contribution in [0.2, 0.25) is 5.02 Å². The number of ether oxygens (including phenoxy) is 2. The van der Waals surface area contributed by atoms with Crippen LogP contribution in [0.3, 0.4) is 0 Å². The van der Waals surface area contributed by atoms with Gasteiger partial charge in [-0.1, -0.05) is 17.7 Å². The van der Waals surface area contributed by atoms with Gasteiger partial charge in [-0.15, -0.1) is 0 Å². The van der Waals surface area contributed by atoms with E-state index in [1.807, 2.05) is 6.07 Å². The van der Waals surface area contributed by atoms with Gasteiger partial charge in [0.15, 0.2) is 6.29 Å². The molecule has 5 heteroatoms. The predicted molar refractivity (Wildman–Crippen MR) is 79.8 cm³/mol. The average Bonchev–Trinajstić information content (AvgIpc) is 3.04. The second-order valence-electron chi connectivity index (χ2n) is 5.83. The van der Waals surface area contributed by atoms with Gasteiger partial charge in [0.2, 0.25) is 0 Å². The zero-order valence-electron chi connectivity index (χ0n) is 12.2. The van der Waals surface area contributed by atoms with Gasteiger partial charge >= 0.3 is 0 Å². The Balaban J connectivity index is 1.59. The maximum atomic E-state index is 13.3. The number of piperidine rings is 1. The molecule has 2 heterocycles. The zero-order chi connectivity index (χ0) is 14.8. The van der Waals surface area contributed by atoms with E-state index in [0.717, 1.165) is 44.7 Å². The highest BCUT2D eigenvalue weighted by Gasteiger charge is 2.31. The van der Waals surface area contributed by atoms with Crippen molar-refractivity contribution in [2.45, 2.75) is 32.1 Å². The van der Waals surface area contributed by atoms with E-state index in [9.17, 15) is 4.39 Å². The van der Waals surface area contributed by atoms with Crippen molar-refractivity contribution >= 4 is 11.6 Å². The third-order valence-corrected chi connectivity index (χ3v) is 4.87. The molecule has 2 aliphatic heterocycles. The Labute approximate surface area is 130 Å². The van der Waals surface area contributed by atoms with Crippen molar-refractivity contribution in [2.75, 3.05) is 26.3 Å². The number of likely N-dealkylation sites (tertiary alicyclic amines) is 1. The molecule has 116 valence electrons. The van der Waals surface area contributed by atoms with Gasteiger partial charge in [0.1, 0.15) is 5.82 Å². The van der Waals surface area contributed by atoms with Crippen LogP contribution in [0.15, 0.2) is 18.2 Å². The maximum absolute atomic E-state index is 13.3. The number of nitrogens with zero attached hydrogens (tertiary/aromatic N) is 1. The van der Waals surface area contributed by atoms with E-state index >= 15 is 0 Å². The van der Waals surface area contributed by atoms with E-state index in [2.05, 4.69) is 11.8 Å². The first-order valence-electron chi connectivity index (χ1n) is 7.57. The normalized spacial score (nSPS) is 23.6. The van der Waals surface area contributed by atoms with E-state index in [-0.39, 0.29) is 23.2 Å². The minimum absolute atomic E-state index is 0.0114. The van der Waals surface area contributed by atoms with Crippen LogP contribution in [-0.4, -0.2) is 37.5 Å². The highest BCUT2D eigenvalue weighted by atomic mass is 35.5. The van der Waals surface area contributed by atoms with Gasteiger partial charge in [0, 0.05) is 12.0 Å². The summed E-state index contributed by atoms with van der Waals surface area (Å²) in [6, 6.07) is 5.24. The summed E-state index contributed by atoms with van der Waals surface area (Å²) >= 11 is 5.88. The Hall–Kier alpha value is -0.680. The molecule has 3 nitrogen and oxygen atoms in total. The molecule has 2 saturated heterocycles. The van der Waals surface area contributed by atoms with Crippen LogP contribution in [0.5, 0.6) is 0 Å². The Bertz CT molecular complexity index is 485. The molecule has 2 aliphatic rings. The van der Waals surface area contributed by atoms with Crippen LogP contribution >= 0.6 is 11.6 Å². The second kappa shape index (κ2) is 6.61. The van der Waals surface area contributed by atoms with Crippen LogP contribution in [-0.2, 0) is 9.47 Å². The lowest BCUT2D eigenvalue weighted by atomic mass is 9.94. The van der Waals surface area contributed by atoms with Gasteiger partial charge in [-0.3, -0.25) is 4.90 Å². The summed E-state index contributed by atoms with van der Waals surface area (Å²) in [6.07, 6.45) is 2.14. The smallest absolute Gasteiger partial charge is 0.160 e. The van der Waals surface area contributed by atoms with Crippen molar-refractivity contribution in [3.63, 3.8) is 0 Å². The van der Waals surface area contributed by atoms with Crippen LogP contribution in [0.4, 0.5) is 4.39 Å². The number of hydrogen-bond acceptors (Lipinski definition) is 3. The lowest BCUT2D eigenvalue weighted by Gasteiger charge is -2.37. The van der Waals surface area contributed by atoms with Crippen molar-refractivity contribution in [3.05, 3.63) is 34.6 Å². The SMILES string of the molecule is CC(c1ccc(F)c(Cl)c1)N1CCC(C2OCCO2)CC1. The summed E-state index contributed by atoms with van der Waals surface area (Å²) in [6.45, 7) is 5.59. The van der Waals surface area contributed by atoms with Gasteiger partial charge in [0.25, 0.3) is 0 Å². The van der Waals surface area contributed by atoms with Crippen molar-refractivity contribution in [2.24, 2.45) is 5.92 Å². The van der Waals surface area contributed by atoms with Crippen molar-refractivity contribution in [1.29, 1.82) is 0 Å². The molecule has 1 aromatic carbocycles. The Morgan fingerprint density at radius 2 is 1.90 bits per heavy atom. The Morgan fingerprint density at radius 1 is 1.24 bits per heavy atom. The van der Waals surface area contributed by atoms with Gasteiger partial charge in [-0.2, -0.15) is 0 Å². The zero-order valence-corrected chi connectivity index (χ0v) is 13.0. The van der Waals surface area contributed by atoms with Gasteiger partial charge in [0.05, 0.1) is 18.2 Å². The number of hydrogen-bond donors (Lipinski definition) is 0. The summed E-state index contributed by atoms with van der Waals surface area (Å²) in [7, 11) is 0. The van der Waals surface area contributed by atoms with Crippen LogP contribution < -0.4 is 0 Å². The molecule has 0 spiro atoms. The van der Waals surface area contributed by atoms with E-state index in [0.29, 0.717) is 5.92 Å². The lowest BCUT2D eigenvalue weighted by molar-refractivity contribution is -0.0992. The largest absolute Gasteiger partial charge is 0.350 e. The minimum atomic E-state index is -0.359. The van der Waals surface area contributed by atoms with Gasteiger partial charge in [-0.25, -0.2) is 4.39 Å². The van der Waals surface area contributed by atoms with Gasteiger partial charge < -0.3 is 9.47 Å². The van der Waals surface area contributed by atoms with Crippen molar-refractivity contribution < 1.29 is 13.9 Å². The topological polar surface area (TPSA) is 21.7 Å². The van der Waals surface area contributed by atoms with E-state index in [1.54, 1.807) is 6.07 Å². The molecule has 0 amide bonds. The standard InChI is InChI=1S/C16H21ClFNO2/c1-11(13-2-3-15(18)14(17)10-13)19-6-4-12(5-7-19)16-20-8-9-21-16/h2-3,10-12,16H,4-9H2,1H3. The first-order valence-corrected chi connectivity index (χ1v) is 7.95. The molecule has 21 heavy (non-hydrogen) atoms. The van der Waals surface area contributed by atoms with E-state index in [4.69, 9.17) is 21.1 Å². The van der Waals surface area contributed by atoms with Crippen LogP contribution in [0.25, 0.3) is 0 Å². The molecule has 3 rings (SSSR count). The fourth-order valence-electron chi connectivity index (χ4n) is 3.21. The summed E-state index contributed by atoms with van der Waals surface area (Å²) in [5, 5.41) is 0.196. The summed E-state index contributed by atoms with van der Waals surface area (Å²) in [5.41, 5.74) is 1.06. The molecule has 0 aromatic heterocycles. The fourth-order valence-corrected chi connectivity index (χ4v) is 3.40. The maximum Gasteiger partial charge on any atom is 0.160 e. The monoisotopic (exact) mass is 313 g/mol. The molecular formula is C16H21ClFNO2. The Kier molecular flexibility index (Phi) is 4.79. The lowest BCUT2D eigenvalue weighted by Crippen LogP contribution is -2.39.